The first-order valence-corrected chi connectivity index (χ1v) is 7.72. The molecule has 23 heavy (non-hydrogen) atoms. The highest BCUT2D eigenvalue weighted by atomic mass is 16.3. The van der Waals surface area contributed by atoms with E-state index >= 15 is 0 Å². The zero-order valence-corrected chi connectivity index (χ0v) is 13.1. The number of rotatable bonds is 3. The highest BCUT2D eigenvalue weighted by Crippen LogP contribution is 2.26. The third-order valence-corrected chi connectivity index (χ3v) is 4.24. The molecule has 1 aliphatic heterocycles. The van der Waals surface area contributed by atoms with Gasteiger partial charge in [0.05, 0.1) is 5.69 Å². The minimum Gasteiger partial charge on any atom is -0.387 e. The van der Waals surface area contributed by atoms with Gasteiger partial charge in [-0.3, -0.25) is 4.79 Å². The molecule has 3 rings (SSSR count). The second-order valence-corrected chi connectivity index (χ2v) is 5.77. The van der Waals surface area contributed by atoms with Crippen LogP contribution in [0, 0.1) is 0 Å². The molecule has 0 unspecified atom stereocenters. The number of aryl methyl sites for hydroxylation is 1. The van der Waals surface area contributed by atoms with Crippen LogP contribution in [0.5, 0.6) is 0 Å². The molecule has 1 atom stereocenters. The van der Waals surface area contributed by atoms with E-state index in [-0.39, 0.29) is 17.5 Å². The summed E-state index contributed by atoms with van der Waals surface area (Å²) in [6.45, 7) is 0.626. The van der Waals surface area contributed by atoms with Gasteiger partial charge in [-0.15, -0.1) is 0 Å². The van der Waals surface area contributed by atoms with Gasteiger partial charge in [-0.05, 0) is 25.0 Å². The Morgan fingerprint density at radius 2 is 2.09 bits per heavy atom. The summed E-state index contributed by atoms with van der Waals surface area (Å²) in [6, 6.07) is 9.38. The molecule has 122 valence electrons. The number of aliphatic hydroxyl groups excluding tert-OH is 1. The van der Waals surface area contributed by atoms with E-state index in [9.17, 15) is 9.59 Å². The molecule has 0 radical (unpaired) electrons. The van der Waals surface area contributed by atoms with Crippen LogP contribution in [0.25, 0.3) is 5.69 Å². The lowest BCUT2D eigenvalue weighted by Gasteiger charge is -2.31. The van der Waals surface area contributed by atoms with Crippen LogP contribution in [0.2, 0.25) is 0 Å². The van der Waals surface area contributed by atoms with Crippen LogP contribution in [0.3, 0.4) is 0 Å². The molecule has 7 heteroatoms. The molecule has 7 nitrogen and oxygen atoms in total. The summed E-state index contributed by atoms with van der Waals surface area (Å²) in [4.78, 5) is 25.8. The standard InChI is InChI=1S/C16H20N4O3/c1-18-16(23)20(13-7-3-2-4-8-13)15(17-18)12-6-5-9-19(10-12)14(22)11-21/h2-4,7-8,12,21H,5-6,9-11H2,1H3/t12-/m1/s1. The molecule has 1 fully saturated rings. The fourth-order valence-corrected chi connectivity index (χ4v) is 3.08. The van der Waals surface area contributed by atoms with E-state index < -0.39 is 6.61 Å². The van der Waals surface area contributed by atoms with Gasteiger partial charge in [0.1, 0.15) is 12.4 Å². The van der Waals surface area contributed by atoms with Gasteiger partial charge in [-0.1, -0.05) is 18.2 Å². The van der Waals surface area contributed by atoms with Crippen molar-refractivity contribution in [2.75, 3.05) is 19.7 Å². The van der Waals surface area contributed by atoms with Crippen LogP contribution in [0.4, 0.5) is 0 Å². The van der Waals surface area contributed by atoms with Gasteiger partial charge in [0.15, 0.2) is 0 Å². The average molecular weight is 316 g/mol. The maximum Gasteiger partial charge on any atom is 0.350 e. The summed E-state index contributed by atoms with van der Waals surface area (Å²) in [7, 11) is 1.63. The zero-order valence-electron chi connectivity index (χ0n) is 13.1. The number of carbonyl (C=O) groups is 1. The number of likely N-dealkylation sites (tertiary alicyclic amines) is 1. The van der Waals surface area contributed by atoms with Crippen molar-refractivity contribution in [3.8, 4) is 5.69 Å². The molecule has 0 aliphatic carbocycles. The molecule has 1 amide bonds. The molecule has 1 saturated heterocycles. The number of aliphatic hydroxyl groups is 1. The normalized spacial score (nSPS) is 18.2. The van der Waals surface area contributed by atoms with E-state index in [2.05, 4.69) is 5.10 Å². The summed E-state index contributed by atoms with van der Waals surface area (Å²) in [5.74, 6) is 0.367. The molecule has 0 saturated carbocycles. The second-order valence-electron chi connectivity index (χ2n) is 5.77. The highest BCUT2D eigenvalue weighted by molar-refractivity contribution is 5.77. The van der Waals surface area contributed by atoms with Crippen LogP contribution in [0.1, 0.15) is 24.6 Å². The Morgan fingerprint density at radius 1 is 1.35 bits per heavy atom. The van der Waals surface area contributed by atoms with Gasteiger partial charge in [-0.25, -0.2) is 14.0 Å². The van der Waals surface area contributed by atoms with Crippen molar-refractivity contribution in [1.82, 2.24) is 19.2 Å². The SMILES string of the molecule is Cn1nc([C@@H]2CCCN(C(=O)CO)C2)n(-c2ccccc2)c1=O. The minimum atomic E-state index is -0.486. The Morgan fingerprint density at radius 3 is 2.78 bits per heavy atom. The monoisotopic (exact) mass is 316 g/mol. The van der Waals surface area contributed by atoms with Gasteiger partial charge < -0.3 is 10.0 Å². The van der Waals surface area contributed by atoms with Gasteiger partial charge in [-0.2, -0.15) is 5.10 Å². The average Bonchev–Trinajstić information content (AvgIpc) is 2.90. The Bertz CT molecular complexity index is 750. The van der Waals surface area contributed by atoms with Crippen molar-refractivity contribution in [2.45, 2.75) is 18.8 Å². The summed E-state index contributed by atoms with van der Waals surface area (Å²) in [5.41, 5.74) is 0.572. The van der Waals surface area contributed by atoms with E-state index in [1.807, 2.05) is 30.3 Å². The fourth-order valence-electron chi connectivity index (χ4n) is 3.08. The molecule has 1 aromatic heterocycles. The molecule has 0 bridgehead atoms. The van der Waals surface area contributed by atoms with Gasteiger partial charge in [0.2, 0.25) is 5.91 Å². The lowest BCUT2D eigenvalue weighted by atomic mass is 9.97. The predicted molar refractivity (Wildman–Crippen MR) is 84.4 cm³/mol. The van der Waals surface area contributed by atoms with E-state index in [0.717, 1.165) is 18.5 Å². The van der Waals surface area contributed by atoms with Crippen LogP contribution in [-0.2, 0) is 11.8 Å². The van der Waals surface area contributed by atoms with Crippen molar-refractivity contribution < 1.29 is 9.90 Å². The van der Waals surface area contributed by atoms with Crippen LogP contribution in [0.15, 0.2) is 35.1 Å². The topological polar surface area (TPSA) is 80.4 Å². The summed E-state index contributed by atoms with van der Waals surface area (Å²) < 4.78 is 2.94. The second kappa shape index (κ2) is 6.37. The lowest BCUT2D eigenvalue weighted by molar-refractivity contribution is -0.135. The number of piperidine rings is 1. The Hall–Kier alpha value is -2.41. The number of para-hydroxylation sites is 1. The Kier molecular flexibility index (Phi) is 4.29. The number of amides is 1. The molecule has 1 aliphatic rings. The van der Waals surface area contributed by atoms with Crippen molar-refractivity contribution >= 4 is 5.91 Å². The number of aromatic nitrogens is 3. The Balaban J connectivity index is 1.99. The predicted octanol–water partition coefficient (Wildman–Crippen LogP) is 0.269. The molecule has 0 spiro atoms. The quantitative estimate of drug-likeness (QED) is 0.881. The van der Waals surface area contributed by atoms with Crippen LogP contribution in [-0.4, -0.2) is 50.0 Å². The smallest absolute Gasteiger partial charge is 0.350 e. The molecule has 1 N–H and O–H groups in total. The van der Waals surface area contributed by atoms with Crippen molar-refractivity contribution in [3.63, 3.8) is 0 Å². The van der Waals surface area contributed by atoms with Crippen LogP contribution >= 0.6 is 0 Å². The number of hydrogen-bond donors (Lipinski definition) is 1. The summed E-state index contributed by atoms with van der Waals surface area (Å²) in [6.07, 6.45) is 1.69. The number of benzene rings is 1. The van der Waals surface area contributed by atoms with E-state index in [1.165, 1.54) is 4.68 Å². The van der Waals surface area contributed by atoms with E-state index in [4.69, 9.17) is 5.11 Å². The molecular formula is C16H20N4O3. The van der Waals surface area contributed by atoms with Gasteiger partial charge >= 0.3 is 5.69 Å². The van der Waals surface area contributed by atoms with Crippen molar-refractivity contribution in [3.05, 3.63) is 46.6 Å². The molecular weight excluding hydrogens is 296 g/mol. The number of nitrogens with zero attached hydrogens (tertiary/aromatic N) is 4. The van der Waals surface area contributed by atoms with Crippen LogP contribution < -0.4 is 5.69 Å². The first-order chi connectivity index (χ1) is 11.1. The largest absolute Gasteiger partial charge is 0.387 e. The summed E-state index contributed by atoms with van der Waals surface area (Å²) in [5, 5.41) is 13.5. The first-order valence-electron chi connectivity index (χ1n) is 7.72. The third-order valence-electron chi connectivity index (χ3n) is 4.24. The maximum absolute atomic E-state index is 12.4. The zero-order chi connectivity index (χ0) is 16.4. The fraction of sp³-hybridized carbons (Fsp3) is 0.438. The van der Waals surface area contributed by atoms with Gasteiger partial charge in [0.25, 0.3) is 0 Å². The van der Waals surface area contributed by atoms with E-state index in [1.54, 1.807) is 16.5 Å². The lowest BCUT2D eigenvalue weighted by Crippen LogP contribution is -2.41. The molecule has 2 heterocycles. The van der Waals surface area contributed by atoms with Crippen molar-refractivity contribution in [1.29, 1.82) is 0 Å². The minimum absolute atomic E-state index is 0.0200. The molecule has 1 aromatic carbocycles. The Labute approximate surface area is 133 Å². The van der Waals surface area contributed by atoms with E-state index in [0.29, 0.717) is 18.9 Å². The third kappa shape index (κ3) is 2.92. The number of hydrogen-bond acceptors (Lipinski definition) is 4. The highest BCUT2D eigenvalue weighted by Gasteiger charge is 2.29. The summed E-state index contributed by atoms with van der Waals surface area (Å²) >= 11 is 0. The maximum atomic E-state index is 12.4. The number of carbonyl (C=O) groups excluding carboxylic acids is 1. The molecule has 2 aromatic rings. The van der Waals surface area contributed by atoms with Gasteiger partial charge in [0, 0.05) is 26.1 Å². The first kappa shape index (κ1) is 15.5. The van der Waals surface area contributed by atoms with Crippen molar-refractivity contribution in [2.24, 2.45) is 7.05 Å².